The molecular weight excluding hydrogens is 287 g/mol. The van der Waals surface area contributed by atoms with E-state index in [1.54, 1.807) is 6.20 Å². The summed E-state index contributed by atoms with van der Waals surface area (Å²) < 4.78 is 1.83. The molecule has 1 aromatic heterocycles. The van der Waals surface area contributed by atoms with E-state index < -0.39 is 0 Å². The fraction of sp³-hybridized carbons (Fsp3) is 0.667. The number of carbonyl (C=O) groups excluding carboxylic acids is 1. The fourth-order valence-electron chi connectivity index (χ4n) is 1.99. The molecule has 2 heterocycles. The molecule has 0 saturated carbocycles. The average molecular weight is 309 g/mol. The van der Waals surface area contributed by atoms with E-state index in [-0.39, 0.29) is 42.7 Å². The second-order valence-electron chi connectivity index (χ2n) is 4.84. The zero-order chi connectivity index (χ0) is 12.3. The van der Waals surface area contributed by atoms with Crippen LogP contribution in [0.15, 0.2) is 18.5 Å². The van der Waals surface area contributed by atoms with Crippen LogP contribution >= 0.6 is 24.8 Å². The van der Waals surface area contributed by atoms with Crippen molar-refractivity contribution < 1.29 is 4.79 Å². The van der Waals surface area contributed by atoms with Crippen molar-refractivity contribution in [3.05, 3.63) is 18.5 Å². The molecule has 1 amide bonds. The van der Waals surface area contributed by atoms with Crippen LogP contribution in [0.25, 0.3) is 0 Å². The first-order valence-corrected chi connectivity index (χ1v) is 6.15. The highest BCUT2D eigenvalue weighted by Gasteiger charge is 2.29. The van der Waals surface area contributed by atoms with Crippen LogP contribution in [-0.4, -0.2) is 34.8 Å². The Balaban J connectivity index is 0.00000162. The smallest absolute Gasteiger partial charge is 0.223 e. The normalized spacial score (nSPS) is 17.4. The van der Waals surface area contributed by atoms with E-state index >= 15 is 0 Å². The molecule has 19 heavy (non-hydrogen) atoms. The highest BCUT2D eigenvalue weighted by atomic mass is 35.5. The second kappa shape index (κ2) is 8.40. The molecular formula is C12H22Cl2N4O. The first kappa shape index (κ1) is 18.2. The molecule has 7 heteroatoms. The van der Waals surface area contributed by atoms with Crippen LogP contribution in [0.1, 0.15) is 13.8 Å². The molecule has 1 fully saturated rings. The number of halogens is 2. The number of hydrogen-bond donors (Lipinski definition) is 2. The molecule has 1 aliphatic heterocycles. The predicted octanol–water partition coefficient (Wildman–Crippen LogP) is 1.09. The van der Waals surface area contributed by atoms with Gasteiger partial charge in [0.25, 0.3) is 0 Å². The van der Waals surface area contributed by atoms with Gasteiger partial charge in [0.05, 0.1) is 6.54 Å². The molecule has 1 aliphatic rings. The molecule has 0 spiro atoms. The Bertz CT molecular complexity index is 368. The van der Waals surface area contributed by atoms with Gasteiger partial charge in [-0.25, -0.2) is 0 Å². The maximum Gasteiger partial charge on any atom is 0.223 e. The minimum atomic E-state index is 0. The highest BCUT2D eigenvalue weighted by molar-refractivity contribution is 5.85. The van der Waals surface area contributed by atoms with E-state index in [2.05, 4.69) is 15.7 Å². The van der Waals surface area contributed by atoms with E-state index in [0.29, 0.717) is 12.5 Å². The molecule has 1 saturated heterocycles. The van der Waals surface area contributed by atoms with Gasteiger partial charge in [-0.1, -0.05) is 6.92 Å². The van der Waals surface area contributed by atoms with Gasteiger partial charge < -0.3 is 10.6 Å². The van der Waals surface area contributed by atoms with Gasteiger partial charge >= 0.3 is 0 Å². The third-order valence-corrected chi connectivity index (χ3v) is 3.34. The summed E-state index contributed by atoms with van der Waals surface area (Å²) in [6, 6.07) is 2.00. The van der Waals surface area contributed by atoms with Gasteiger partial charge in [0, 0.05) is 24.4 Å². The molecule has 0 radical (unpaired) electrons. The van der Waals surface area contributed by atoms with Gasteiger partial charge in [0.2, 0.25) is 5.91 Å². The lowest BCUT2D eigenvalue weighted by Crippen LogP contribution is -2.51. The number of rotatable bonds is 5. The minimum absolute atomic E-state index is 0. The van der Waals surface area contributed by atoms with Gasteiger partial charge in [-0.05, 0) is 32.0 Å². The summed E-state index contributed by atoms with van der Waals surface area (Å²) in [6.07, 6.45) is 3.65. The molecule has 5 nitrogen and oxygen atoms in total. The Morgan fingerprint density at radius 3 is 2.63 bits per heavy atom. The quantitative estimate of drug-likeness (QED) is 0.856. The molecule has 0 bridgehead atoms. The third kappa shape index (κ3) is 5.01. The zero-order valence-corrected chi connectivity index (χ0v) is 12.8. The van der Waals surface area contributed by atoms with Crippen LogP contribution in [0.4, 0.5) is 0 Å². The average Bonchev–Trinajstić information content (AvgIpc) is 2.67. The number of amides is 1. The predicted molar refractivity (Wildman–Crippen MR) is 79.9 cm³/mol. The largest absolute Gasteiger partial charge is 0.352 e. The lowest BCUT2D eigenvalue weighted by atomic mass is 9.88. The summed E-state index contributed by atoms with van der Waals surface area (Å²) in [7, 11) is 0. The Morgan fingerprint density at radius 2 is 2.16 bits per heavy atom. The monoisotopic (exact) mass is 308 g/mol. The summed E-state index contributed by atoms with van der Waals surface area (Å²) >= 11 is 0. The number of nitrogens with one attached hydrogen (secondary N) is 2. The highest BCUT2D eigenvalue weighted by Crippen LogP contribution is 2.15. The van der Waals surface area contributed by atoms with Gasteiger partial charge in [-0.2, -0.15) is 5.10 Å². The Morgan fingerprint density at radius 1 is 1.47 bits per heavy atom. The maximum atomic E-state index is 11.9. The van der Waals surface area contributed by atoms with Crippen molar-refractivity contribution in [1.29, 1.82) is 0 Å². The van der Waals surface area contributed by atoms with Crippen molar-refractivity contribution in [1.82, 2.24) is 20.4 Å². The molecule has 1 aromatic rings. The van der Waals surface area contributed by atoms with E-state index in [4.69, 9.17) is 0 Å². The van der Waals surface area contributed by atoms with Crippen LogP contribution < -0.4 is 10.6 Å². The second-order valence-corrected chi connectivity index (χ2v) is 4.84. The number of carbonyl (C=O) groups is 1. The van der Waals surface area contributed by atoms with E-state index in [9.17, 15) is 4.79 Å². The standard InChI is InChI=1S/C12H20N4O.2ClH/c1-9(8-16-5-3-4-14-16)15-12(17)10(2)11-6-13-7-11;;/h3-5,9-11,13H,6-8H2,1-2H3,(H,15,17);2*1H. The fourth-order valence-corrected chi connectivity index (χ4v) is 1.99. The van der Waals surface area contributed by atoms with Crippen molar-refractivity contribution in [2.75, 3.05) is 13.1 Å². The Kier molecular flexibility index (Phi) is 8.06. The summed E-state index contributed by atoms with van der Waals surface area (Å²) in [6.45, 7) is 6.64. The first-order chi connectivity index (χ1) is 8.16. The van der Waals surface area contributed by atoms with E-state index in [1.807, 2.05) is 30.8 Å². The first-order valence-electron chi connectivity index (χ1n) is 6.15. The van der Waals surface area contributed by atoms with Gasteiger partial charge in [-0.3, -0.25) is 9.48 Å². The van der Waals surface area contributed by atoms with E-state index in [0.717, 1.165) is 13.1 Å². The molecule has 0 aliphatic carbocycles. The zero-order valence-electron chi connectivity index (χ0n) is 11.2. The lowest BCUT2D eigenvalue weighted by molar-refractivity contribution is -0.127. The maximum absolute atomic E-state index is 11.9. The Hall–Kier alpha value is -0.780. The van der Waals surface area contributed by atoms with Gasteiger partial charge in [0.1, 0.15) is 0 Å². The number of nitrogens with zero attached hydrogens (tertiary/aromatic N) is 2. The Labute approximate surface area is 126 Å². The number of hydrogen-bond acceptors (Lipinski definition) is 3. The van der Waals surface area contributed by atoms with Crippen molar-refractivity contribution in [2.24, 2.45) is 11.8 Å². The molecule has 2 unspecified atom stereocenters. The lowest BCUT2D eigenvalue weighted by Gasteiger charge is -2.32. The van der Waals surface area contributed by atoms with Crippen LogP contribution in [0.5, 0.6) is 0 Å². The number of aromatic nitrogens is 2. The SMILES string of the molecule is CC(Cn1cccn1)NC(=O)C(C)C1CNC1.Cl.Cl. The van der Waals surface area contributed by atoms with Crippen LogP contribution in [0.3, 0.4) is 0 Å². The third-order valence-electron chi connectivity index (χ3n) is 3.34. The van der Waals surface area contributed by atoms with Crippen LogP contribution in [-0.2, 0) is 11.3 Å². The molecule has 0 aromatic carbocycles. The van der Waals surface area contributed by atoms with Crippen LogP contribution in [0.2, 0.25) is 0 Å². The van der Waals surface area contributed by atoms with Crippen molar-refractivity contribution in [2.45, 2.75) is 26.4 Å². The summed E-state index contributed by atoms with van der Waals surface area (Å²) in [5.74, 6) is 0.736. The van der Waals surface area contributed by atoms with Crippen molar-refractivity contribution in [3.63, 3.8) is 0 Å². The molecule has 2 atom stereocenters. The van der Waals surface area contributed by atoms with E-state index in [1.165, 1.54) is 0 Å². The molecule has 110 valence electrons. The van der Waals surface area contributed by atoms with Gasteiger partial charge in [-0.15, -0.1) is 24.8 Å². The summed E-state index contributed by atoms with van der Waals surface area (Å²) in [5.41, 5.74) is 0. The van der Waals surface area contributed by atoms with Gasteiger partial charge in [0.15, 0.2) is 0 Å². The van der Waals surface area contributed by atoms with Crippen molar-refractivity contribution in [3.8, 4) is 0 Å². The molecule has 2 N–H and O–H groups in total. The topological polar surface area (TPSA) is 59.0 Å². The summed E-state index contributed by atoms with van der Waals surface area (Å²) in [5, 5.41) is 10.4. The molecule has 2 rings (SSSR count). The van der Waals surface area contributed by atoms with Crippen molar-refractivity contribution >= 4 is 30.7 Å². The summed E-state index contributed by atoms with van der Waals surface area (Å²) in [4.78, 5) is 11.9. The minimum Gasteiger partial charge on any atom is -0.352 e. The van der Waals surface area contributed by atoms with Crippen LogP contribution in [0, 0.1) is 11.8 Å².